The van der Waals surface area contributed by atoms with Crippen LogP contribution in [0.2, 0.25) is 0 Å². The fourth-order valence-corrected chi connectivity index (χ4v) is 2.74. The molecule has 1 aromatic heterocycles. The fraction of sp³-hybridized carbons (Fsp3) is 0.353. The van der Waals surface area contributed by atoms with Gasteiger partial charge in [-0.3, -0.25) is 4.99 Å². The third-order valence-electron chi connectivity index (χ3n) is 3.33. The summed E-state index contributed by atoms with van der Waals surface area (Å²) in [4.78, 5) is 5.54. The Labute approximate surface area is 136 Å². The standard InChI is InChI=1S/C17H23N3OS/c1-18-17(20-13-16-6-4-12-22-16)19-11-3-5-14-7-9-15(21-2)10-8-14/h4,6-10,12H,3,5,11,13H2,1-2H3,(H2,18,19,20). The molecule has 22 heavy (non-hydrogen) atoms. The van der Waals surface area contributed by atoms with Crippen LogP contribution in [0.1, 0.15) is 16.9 Å². The first-order chi connectivity index (χ1) is 10.8. The molecule has 4 nitrogen and oxygen atoms in total. The number of aliphatic imine (C=N–C) groups is 1. The van der Waals surface area contributed by atoms with Crippen LogP contribution in [0.4, 0.5) is 0 Å². The van der Waals surface area contributed by atoms with E-state index in [2.05, 4.69) is 45.3 Å². The van der Waals surface area contributed by atoms with Gasteiger partial charge in [-0.1, -0.05) is 18.2 Å². The highest BCUT2D eigenvalue weighted by atomic mass is 32.1. The zero-order valence-electron chi connectivity index (χ0n) is 13.1. The highest BCUT2D eigenvalue weighted by Gasteiger charge is 1.99. The molecule has 2 N–H and O–H groups in total. The van der Waals surface area contributed by atoms with Crippen LogP contribution in [0.15, 0.2) is 46.8 Å². The third kappa shape index (κ3) is 5.41. The number of thiophene rings is 1. The molecular formula is C17H23N3OS. The van der Waals surface area contributed by atoms with Crippen molar-refractivity contribution in [1.82, 2.24) is 10.6 Å². The van der Waals surface area contributed by atoms with Crippen molar-refractivity contribution >= 4 is 17.3 Å². The quantitative estimate of drug-likeness (QED) is 0.469. The molecule has 118 valence electrons. The number of rotatable bonds is 7. The zero-order chi connectivity index (χ0) is 15.6. The number of methoxy groups -OCH3 is 1. The molecule has 0 bridgehead atoms. The van der Waals surface area contributed by atoms with Gasteiger partial charge < -0.3 is 15.4 Å². The van der Waals surface area contributed by atoms with E-state index in [1.807, 2.05) is 12.1 Å². The summed E-state index contributed by atoms with van der Waals surface area (Å²) in [5, 5.41) is 8.75. The summed E-state index contributed by atoms with van der Waals surface area (Å²) in [6.45, 7) is 1.71. The fourth-order valence-electron chi connectivity index (χ4n) is 2.10. The lowest BCUT2D eigenvalue weighted by Crippen LogP contribution is -2.37. The van der Waals surface area contributed by atoms with E-state index in [4.69, 9.17) is 4.74 Å². The minimum absolute atomic E-state index is 0.815. The second-order valence-electron chi connectivity index (χ2n) is 4.88. The molecule has 0 saturated carbocycles. The second-order valence-corrected chi connectivity index (χ2v) is 5.92. The van der Waals surface area contributed by atoms with Gasteiger partial charge in [0.05, 0.1) is 13.7 Å². The summed E-state index contributed by atoms with van der Waals surface area (Å²) in [6, 6.07) is 12.4. The highest BCUT2D eigenvalue weighted by molar-refractivity contribution is 7.09. The van der Waals surface area contributed by atoms with Crippen LogP contribution in [0.3, 0.4) is 0 Å². The molecule has 5 heteroatoms. The van der Waals surface area contributed by atoms with Gasteiger partial charge in [0.15, 0.2) is 5.96 Å². The largest absolute Gasteiger partial charge is 0.497 e. The van der Waals surface area contributed by atoms with Gasteiger partial charge in [-0.2, -0.15) is 0 Å². The van der Waals surface area contributed by atoms with E-state index in [1.165, 1.54) is 10.4 Å². The lowest BCUT2D eigenvalue weighted by atomic mass is 10.1. The zero-order valence-corrected chi connectivity index (χ0v) is 14.0. The maximum Gasteiger partial charge on any atom is 0.191 e. The molecule has 0 radical (unpaired) electrons. The number of hydrogen-bond acceptors (Lipinski definition) is 3. The summed E-state index contributed by atoms with van der Waals surface area (Å²) in [6.07, 6.45) is 2.10. The van der Waals surface area contributed by atoms with Crippen LogP contribution in [-0.2, 0) is 13.0 Å². The maximum atomic E-state index is 5.16. The van der Waals surface area contributed by atoms with Gasteiger partial charge in [-0.25, -0.2) is 0 Å². The van der Waals surface area contributed by atoms with Crippen molar-refractivity contribution in [1.29, 1.82) is 0 Å². The topological polar surface area (TPSA) is 45.7 Å². The summed E-state index contributed by atoms with van der Waals surface area (Å²) >= 11 is 1.75. The number of aryl methyl sites for hydroxylation is 1. The van der Waals surface area contributed by atoms with E-state index in [0.717, 1.165) is 37.6 Å². The van der Waals surface area contributed by atoms with Crippen LogP contribution >= 0.6 is 11.3 Å². The number of guanidine groups is 1. The monoisotopic (exact) mass is 317 g/mol. The van der Waals surface area contributed by atoms with E-state index >= 15 is 0 Å². The van der Waals surface area contributed by atoms with Crippen LogP contribution in [0.25, 0.3) is 0 Å². The Balaban J connectivity index is 1.65. The molecule has 0 fully saturated rings. The van der Waals surface area contributed by atoms with Gasteiger partial charge in [-0.15, -0.1) is 11.3 Å². The Morgan fingerprint density at radius 1 is 1.18 bits per heavy atom. The number of benzene rings is 1. The van der Waals surface area contributed by atoms with Crippen molar-refractivity contribution in [3.63, 3.8) is 0 Å². The number of ether oxygens (including phenoxy) is 1. The summed E-state index contributed by atoms with van der Waals surface area (Å²) in [5.74, 6) is 1.75. The third-order valence-corrected chi connectivity index (χ3v) is 4.20. The number of nitrogens with zero attached hydrogens (tertiary/aromatic N) is 1. The Bertz CT molecular complexity index is 564. The van der Waals surface area contributed by atoms with Crippen LogP contribution in [0.5, 0.6) is 5.75 Å². The average molecular weight is 317 g/mol. The van der Waals surface area contributed by atoms with E-state index in [0.29, 0.717) is 0 Å². The number of hydrogen-bond donors (Lipinski definition) is 2. The average Bonchev–Trinajstić information content (AvgIpc) is 3.08. The first-order valence-electron chi connectivity index (χ1n) is 7.41. The Morgan fingerprint density at radius 3 is 2.64 bits per heavy atom. The maximum absolute atomic E-state index is 5.16. The molecule has 0 aliphatic rings. The SMILES string of the molecule is CN=C(NCCCc1ccc(OC)cc1)NCc1cccs1. The van der Waals surface area contributed by atoms with Crippen molar-refractivity contribution in [3.8, 4) is 5.75 Å². The van der Waals surface area contributed by atoms with E-state index in [9.17, 15) is 0 Å². The smallest absolute Gasteiger partial charge is 0.191 e. The van der Waals surface area contributed by atoms with Gasteiger partial charge in [-0.05, 0) is 42.0 Å². The molecule has 1 heterocycles. The van der Waals surface area contributed by atoms with Crippen LogP contribution in [0, 0.1) is 0 Å². The van der Waals surface area contributed by atoms with E-state index < -0.39 is 0 Å². The van der Waals surface area contributed by atoms with Crippen molar-refractivity contribution < 1.29 is 4.74 Å². The van der Waals surface area contributed by atoms with Gasteiger partial charge in [0, 0.05) is 18.5 Å². The lowest BCUT2D eigenvalue weighted by Gasteiger charge is -2.11. The number of nitrogens with one attached hydrogen (secondary N) is 2. The van der Waals surface area contributed by atoms with Gasteiger partial charge in [0.1, 0.15) is 5.75 Å². The van der Waals surface area contributed by atoms with E-state index in [-0.39, 0.29) is 0 Å². The van der Waals surface area contributed by atoms with Crippen LogP contribution in [-0.4, -0.2) is 26.7 Å². The minimum Gasteiger partial charge on any atom is -0.497 e. The second kappa shape index (κ2) is 9.10. The van der Waals surface area contributed by atoms with Gasteiger partial charge in [0.25, 0.3) is 0 Å². The van der Waals surface area contributed by atoms with Crippen molar-refractivity contribution in [2.24, 2.45) is 4.99 Å². The molecule has 0 atom stereocenters. The predicted molar refractivity (Wildman–Crippen MR) is 93.8 cm³/mol. The molecule has 2 aromatic rings. The molecule has 0 unspecified atom stereocenters. The van der Waals surface area contributed by atoms with Gasteiger partial charge in [0.2, 0.25) is 0 Å². The molecule has 0 amide bonds. The normalized spacial score (nSPS) is 11.3. The molecule has 0 aliphatic carbocycles. The summed E-state index contributed by atoms with van der Waals surface area (Å²) < 4.78 is 5.16. The minimum atomic E-state index is 0.815. The van der Waals surface area contributed by atoms with Gasteiger partial charge >= 0.3 is 0 Å². The highest BCUT2D eigenvalue weighted by Crippen LogP contribution is 2.12. The van der Waals surface area contributed by atoms with Crippen LogP contribution < -0.4 is 15.4 Å². The molecule has 0 spiro atoms. The molecular weight excluding hydrogens is 294 g/mol. The summed E-state index contributed by atoms with van der Waals surface area (Å²) in [5.41, 5.74) is 1.32. The van der Waals surface area contributed by atoms with Crippen molar-refractivity contribution in [2.75, 3.05) is 20.7 Å². The van der Waals surface area contributed by atoms with E-state index in [1.54, 1.807) is 25.5 Å². The first kappa shape index (κ1) is 16.4. The molecule has 2 rings (SSSR count). The van der Waals surface area contributed by atoms with Crippen molar-refractivity contribution in [3.05, 3.63) is 52.2 Å². The Hall–Kier alpha value is -2.01. The Kier molecular flexibility index (Phi) is 6.77. The molecule has 1 aromatic carbocycles. The Morgan fingerprint density at radius 2 is 2.00 bits per heavy atom. The first-order valence-corrected chi connectivity index (χ1v) is 8.29. The predicted octanol–water partition coefficient (Wildman–Crippen LogP) is 3.05. The lowest BCUT2D eigenvalue weighted by molar-refractivity contribution is 0.414. The van der Waals surface area contributed by atoms with Crippen molar-refractivity contribution in [2.45, 2.75) is 19.4 Å². The molecule has 0 aliphatic heterocycles. The summed E-state index contributed by atoms with van der Waals surface area (Å²) in [7, 11) is 3.49. The molecule has 0 saturated heterocycles.